The van der Waals surface area contributed by atoms with Crippen LogP contribution in [0.2, 0.25) is 0 Å². The zero-order chi connectivity index (χ0) is 21.7. The minimum absolute atomic E-state index is 0.148. The average Bonchev–Trinajstić information content (AvgIpc) is 2.75. The first kappa shape index (κ1) is 21.5. The molecule has 0 saturated carbocycles. The Morgan fingerprint density at radius 3 is 2.00 bits per heavy atom. The quantitative estimate of drug-likeness (QED) is 0.627. The Labute approximate surface area is 177 Å². The van der Waals surface area contributed by atoms with Gasteiger partial charge in [-0.2, -0.15) is 0 Å². The molecule has 3 aromatic rings. The third-order valence-electron chi connectivity index (χ3n) is 4.72. The molecule has 0 fully saturated rings. The number of carbonyl (C=O) groups excluding carboxylic acids is 1. The van der Waals surface area contributed by atoms with Gasteiger partial charge in [-0.1, -0.05) is 30.3 Å². The molecule has 0 radical (unpaired) electrons. The third kappa shape index (κ3) is 5.06. The number of amides is 1. The van der Waals surface area contributed by atoms with Gasteiger partial charge in [0.05, 0.1) is 4.90 Å². The third-order valence-corrected chi connectivity index (χ3v) is 6.55. The van der Waals surface area contributed by atoms with Crippen molar-refractivity contribution in [3.05, 3.63) is 90.0 Å². The second kappa shape index (κ2) is 9.11. The number of hydrogen-bond donors (Lipinski definition) is 1. The monoisotopic (exact) mass is 423 g/mol. The molecule has 0 bridgehead atoms. The summed E-state index contributed by atoms with van der Waals surface area (Å²) in [5.41, 5.74) is 3.31. The van der Waals surface area contributed by atoms with Crippen LogP contribution >= 0.6 is 0 Å². The zero-order valence-corrected chi connectivity index (χ0v) is 18.1. The molecule has 156 valence electrons. The van der Waals surface area contributed by atoms with Crippen LogP contribution in [0.3, 0.4) is 0 Å². The highest BCUT2D eigenvalue weighted by Gasteiger charge is 2.17. The predicted molar refractivity (Wildman–Crippen MR) is 120 cm³/mol. The number of anilines is 2. The van der Waals surface area contributed by atoms with E-state index in [9.17, 15) is 13.2 Å². The topological polar surface area (TPSA) is 69.7 Å². The molecule has 0 unspecified atom stereocenters. The van der Waals surface area contributed by atoms with Crippen molar-refractivity contribution in [1.29, 1.82) is 0 Å². The summed E-state index contributed by atoms with van der Waals surface area (Å²) in [4.78, 5) is 14.8. The van der Waals surface area contributed by atoms with E-state index >= 15 is 0 Å². The van der Waals surface area contributed by atoms with Crippen molar-refractivity contribution in [2.45, 2.75) is 11.4 Å². The molecule has 0 saturated heterocycles. The highest BCUT2D eigenvalue weighted by Crippen LogP contribution is 2.20. The number of nitrogens with zero attached hydrogens (tertiary/aromatic N) is 2. The van der Waals surface area contributed by atoms with Gasteiger partial charge < -0.3 is 10.2 Å². The van der Waals surface area contributed by atoms with E-state index in [2.05, 4.69) is 22.3 Å². The van der Waals surface area contributed by atoms with Gasteiger partial charge in [0.15, 0.2) is 0 Å². The van der Waals surface area contributed by atoms with Gasteiger partial charge in [-0.3, -0.25) is 4.79 Å². The highest BCUT2D eigenvalue weighted by molar-refractivity contribution is 7.89. The van der Waals surface area contributed by atoms with Crippen molar-refractivity contribution >= 4 is 27.3 Å². The number of sulfonamides is 1. The van der Waals surface area contributed by atoms with Crippen LogP contribution in [0.15, 0.2) is 83.8 Å². The lowest BCUT2D eigenvalue weighted by Gasteiger charge is -2.20. The first-order chi connectivity index (χ1) is 14.3. The molecule has 6 nitrogen and oxygen atoms in total. The number of rotatable bonds is 7. The minimum Gasteiger partial charge on any atom is -0.370 e. The Kier molecular flexibility index (Phi) is 6.54. The van der Waals surface area contributed by atoms with E-state index in [0.29, 0.717) is 11.3 Å². The molecule has 0 aliphatic heterocycles. The minimum atomic E-state index is -3.52. The van der Waals surface area contributed by atoms with Gasteiger partial charge in [-0.25, -0.2) is 12.7 Å². The van der Waals surface area contributed by atoms with Gasteiger partial charge in [-0.05, 0) is 54.1 Å². The van der Waals surface area contributed by atoms with Crippen molar-refractivity contribution in [1.82, 2.24) is 4.31 Å². The van der Waals surface area contributed by atoms with E-state index in [1.807, 2.05) is 49.5 Å². The second-order valence-corrected chi connectivity index (χ2v) is 9.31. The molecule has 1 amide bonds. The molecule has 0 aliphatic rings. The van der Waals surface area contributed by atoms with Gasteiger partial charge in [-0.15, -0.1) is 0 Å². The molecule has 3 aromatic carbocycles. The van der Waals surface area contributed by atoms with Crippen LogP contribution in [-0.2, 0) is 16.6 Å². The van der Waals surface area contributed by atoms with Crippen molar-refractivity contribution in [2.75, 3.05) is 31.4 Å². The molecule has 0 atom stereocenters. The largest absolute Gasteiger partial charge is 0.370 e. The van der Waals surface area contributed by atoms with Crippen LogP contribution in [0.1, 0.15) is 15.9 Å². The van der Waals surface area contributed by atoms with E-state index in [1.165, 1.54) is 43.9 Å². The van der Waals surface area contributed by atoms with Gasteiger partial charge in [0.1, 0.15) is 0 Å². The molecular weight excluding hydrogens is 398 g/mol. The predicted octanol–water partition coefficient (Wildman–Crippen LogP) is 3.83. The molecule has 0 aromatic heterocycles. The maximum Gasteiger partial charge on any atom is 0.255 e. The maximum atomic E-state index is 12.5. The van der Waals surface area contributed by atoms with E-state index in [-0.39, 0.29) is 10.8 Å². The van der Waals surface area contributed by atoms with Crippen LogP contribution in [0.25, 0.3) is 0 Å². The fraction of sp³-hybridized carbons (Fsp3) is 0.174. The number of carbonyl (C=O) groups is 1. The van der Waals surface area contributed by atoms with Crippen LogP contribution in [-0.4, -0.2) is 39.8 Å². The highest BCUT2D eigenvalue weighted by atomic mass is 32.2. The summed E-state index contributed by atoms with van der Waals surface area (Å²) in [6.45, 7) is 0.786. The second-order valence-electron chi connectivity index (χ2n) is 7.15. The average molecular weight is 424 g/mol. The first-order valence-electron chi connectivity index (χ1n) is 9.46. The number of benzene rings is 3. The Bertz CT molecular complexity index is 1090. The first-order valence-corrected chi connectivity index (χ1v) is 10.9. The van der Waals surface area contributed by atoms with Crippen molar-refractivity contribution in [3.63, 3.8) is 0 Å². The van der Waals surface area contributed by atoms with Gasteiger partial charge in [0.2, 0.25) is 10.0 Å². The van der Waals surface area contributed by atoms with E-state index in [1.54, 1.807) is 0 Å². The molecule has 1 N–H and O–H groups in total. The molecule has 0 spiro atoms. The summed E-state index contributed by atoms with van der Waals surface area (Å²) in [5, 5.41) is 2.84. The van der Waals surface area contributed by atoms with Gasteiger partial charge in [0, 0.05) is 44.6 Å². The summed E-state index contributed by atoms with van der Waals surface area (Å²) < 4.78 is 25.4. The van der Waals surface area contributed by atoms with Gasteiger partial charge >= 0.3 is 0 Å². The van der Waals surface area contributed by atoms with E-state index < -0.39 is 10.0 Å². The summed E-state index contributed by atoms with van der Waals surface area (Å²) in [5.74, 6) is -0.297. The molecular formula is C23H25N3O3S. The summed E-state index contributed by atoms with van der Waals surface area (Å²) in [6.07, 6.45) is 0. The van der Waals surface area contributed by atoms with Crippen LogP contribution < -0.4 is 10.2 Å². The Morgan fingerprint density at radius 1 is 0.833 bits per heavy atom. The normalized spacial score (nSPS) is 11.3. The number of nitrogens with one attached hydrogen (secondary N) is 1. The maximum absolute atomic E-state index is 12.5. The molecule has 0 heterocycles. The lowest BCUT2D eigenvalue weighted by molar-refractivity contribution is 0.102. The van der Waals surface area contributed by atoms with Gasteiger partial charge in [0.25, 0.3) is 5.91 Å². The molecule has 30 heavy (non-hydrogen) atoms. The Hall–Kier alpha value is -3.16. The van der Waals surface area contributed by atoms with Crippen molar-refractivity contribution < 1.29 is 13.2 Å². The van der Waals surface area contributed by atoms with E-state index in [4.69, 9.17) is 0 Å². The lowest BCUT2D eigenvalue weighted by atomic mass is 10.2. The van der Waals surface area contributed by atoms with Crippen LogP contribution in [0.5, 0.6) is 0 Å². The smallest absolute Gasteiger partial charge is 0.255 e. The SMILES string of the molecule is CN(Cc1ccccc1)c1ccc(NC(=O)c2ccc(S(=O)(=O)N(C)C)cc2)cc1. The van der Waals surface area contributed by atoms with Crippen LogP contribution in [0, 0.1) is 0 Å². The summed E-state index contributed by atoms with van der Waals surface area (Å²) >= 11 is 0. The van der Waals surface area contributed by atoms with Crippen LogP contribution in [0.4, 0.5) is 11.4 Å². The zero-order valence-electron chi connectivity index (χ0n) is 17.2. The summed E-state index contributed by atoms with van der Waals surface area (Å²) in [7, 11) is 1.44. The van der Waals surface area contributed by atoms with E-state index in [0.717, 1.165) is 16.5 Å². The fourth-order valence-corrected chi connectivity index (χ4v) is 3.84. The van der Waals surface area contributed by atoms with Crippen molar-refractivity contribution in [3.8, 4) is 0 Å². The Balaban J connectivity index is 1.64. The number of hydrogen-bond acceptors (Lipinski definition) is 4. The Morgan fingerprint density at radius 2 is 1.43 bits per heavy atom. The standard InChI is InChI=1S/C23H25N3O3S/c1-25(2)30(28,29)22-15-9-19(10-16-22)23(27)24-20-11-13-21(14-12-20)26(3)17-18-7-5-4-6-8-18/h4-16H,17H2,1-3H3,(H,24,27). The molecule has 7 heteroatoms. The molecule has 3 rings (SSSR count). The lowest BCUT2D eigenvalue weighted by Crippen LogP contribution is -2.22. The fourth-order valence-electron chi connectivity index (χ4n) is 2.94. The summed E-state index contributed by atoms with van der Waals surface area (Å²) in [6, 6.07) is 23.7. The van der Waals surface area contributed by atoms with Crippen molar-refractivity contribution in [2.24, 2.45) is 0 Å². The molecule has 0 aliphatic carbocycles.